The van der Waals surface area contributed by atoms with Gasteiger partial charge in [-0.3, -0.25) is 9.10 Å². The third kappa shape index (κ3) is 5.76. The predicted molar refractivity (Wildman–Crippen MR) is 133 cm³/mol. The van der Waals surface area contributed by atoms with E-state index in [1.54, 1.807) is 24.3 Å². The van der Waals surface area contributed by atoms with Crippen molar-refractivity contribution >= 4 is 44.9 Å². The number of rotatable bonds is 8. The molecule has 0 aliphatic rings. The Morgan fingerprint density at radius 1 is 1.00 bits per heavy atom. The Labute approximate surface area is 204 Å². The molecule has 0 aromatic heterocycles. The summed E-state index contributed by atoms with van der Waals surface area (Å²) in [5, 5.41) is 2.80. The molecule has 178 valence electrons. The smallest absolute Gasteiger partial charge is 0.337 e. The molecule has 0 bridgehead atoms. The summed E-state index contributed by atoms with van der Waals surface area (Å²) >= 11 is 6.18. The number of hydrogen-bond donors (Lipinski definition) is 1. The number of carbonyl (C=O) groups excluding carboxylic acids is 2. The van der Waals surface area contributed by atoms with Gasteiger partial charge in [0.2, 0.25) is 5.91 Å². The van der Waals surface area contributed by atoms with Crippen LogP contribution in [0.5, 0.6) is 0 Å². The van der Waals surface area contributed by atoms with Crippen molar-refractivity contribution in [3.8, 4) is 0 Å². The van der Waals surface area contributed by atoms with Gasteiger partial charge in [0.25, 0.3) is 10.0 Å². The molecule has 3 rings (SSSR count). The molecule has 34 heavy (non-hydrogen) atoms. The van der Waals surface area contributed by atoms with E-state index >= 15 is 0 Å². The molecule has 0 fully saturated rings. The molecule has 0 aliphatic carbocycles. The Kier molecular flexibility index (Phi) is 7.96. The number of aryl methyl sites for hydroxylation is 2. The molecular formula is C25H25ClN2O5S. The first-order chi connectivity index (χ1) is 16.1. The van der Waals surface area contributed by atoms with Crippen LogP contribution in [0.4, 0.5) is 11.4 Å². The number of benzene rings is 3. The number of nitrogens with zero attached hydrogens (tertiary/aromatic N) is 1. The van der Waals surface area contributed by atoms with E-state index in [2.05, 4.69) is 5.32 Å². The number of halogens is 1. The topological polar surface area (TPSA) is 92.8 Å². The maximum Gasteiger partial charge on any atom is 0.337 e. The van der Waals surface area contributed by atoms with Crippen LogP contribution in [0.2, 0.25) is 5.02 Å². The van der Waals surface area contributed by atoms with Gasteiger partial charge in [0.05, 0.1) is 34.0 Å². The number of hydrogen-bond acceptors (Lipinski definition) is 5. The van der Waals surface area contributed by atoms with E-state index in [9.17, 15) is 18.0 Å². The third-order valence-electron chi connectivity index (χ3n) is 5.19. The monoisotopic (exact) mass is 500 g/mol. The van der Waals surface area contributed by atoms with E-state index in [4.69, 9.17) is 16.3 Å². The lowest BCUT2D eigenvalue weighted by molar-refractivity contribution is -0.114. The molecular weight excluding hydrogens is 476 g/mol. The van der Waals surface area contributed by atoms with Gasteiger partial charge in [-0.15, -0.1) is 0 Å². The SMILES string of the molecule is CCc1ccc(N(CC(=O)Nc2cc(C(=O)OC)ccc2Cl)S(=O)(=O)c2ccc(C)cc2)cc1. The first kappa shape index (κ1) is 25.3. The van der Waals surface area contributed by atoms with Gasteiger partial charge in [0, 0.05) is 0 Å². The van der Waals surface area contributed by atoms with Gasteiger partial charge in [-0.2, -0.15) is 0 Å². The Morgan fingerprint density at radius 3 is 2.24 bits per heavy atom. The minimum Gasteiger partial charge on any atom is -0.465 e. The van der Waals surface area contributed by atoms with Gasteiger partial charge in [0.1, 0.15) is 6.54 Å². The van der Waals surface area contributed by atoms with Crippen molar-refractivity contribution < 1.29 is 22.7 Å². The number of methoxy groups -OCH3 is 1. The fourth-order valence-electron chi connectivity index (χ4n) is 3.24. The van der Waals surface area contributed by atoms with Crippen molar-refractivity contribution in [2.45, 2.75) is 25.2 Å². The number of sulfonamides is 1. The van der Waals surface area contributed by atoms with Crippen molar-refractivity contribution in [3.05, 3.63) is 88.4 Å². The fraction of sp³-hybridized carbons (Fsp3) is 0.200. The minimum absolute atomic E-state index is 0.0659. The zero-order valence-electron chi connectivity index (χ0n) is 19.0. The highest BCUT2D eigenvalue weighted by Crippen LogP contribution is 2.26. The fourth-order valence-corrected chi connectivity index (χ4v) is 4.82. The molecule has 1 N–H and O–H groups in total. The van der Waals surface area contributed by atoms with Crippen LogP contribution in [0.25, 0.3) is 0 Å². The predicted octanol–water partition coefficient (Wildman–Crippen LogP) is 4.83. The van der Waals surface area contributed by atoms with Crippen LogP contribution in [-0.2, 0) is 26.0 Å². The van der Waals surface area contributed by atoms with Crippen LogP contribution in [-0.4, -0.2) is 33.9 Å². The zero-order valence-corrected chi connectivity index (χ0v) is 20.6. The lowest BCUT2D eigenvalue weighted by Crippen LogP contribution is -2.38. The highest BCUT2D eigenvalue weighted by atomic mass is 35.5. The first-order valence-corrected chi connectivity index (χ1v) is 12.3. The van der Waals surface area contributed by atoms with Gasteiger partial charge in [-0.25, -0.2) is 13.2 Å². The average molecular weight is 501 g/mol. The van der Waals surface area contributed by atoms with Crippen molar-refractivity contribution in [3.63, 3.8) is 0 Å². The molecule has 1 amide bonds. The molecule has 0 saturated heterocycles. The average Bonchev–Trinajstić information content (AvgIpc) is 2.83. The number of ether oxygens (including phenoxy) is 1. The summed E-state index contributed by atoms with van der Waals surface area (Å²) in [7, 11) is -2.81. The first-order valence-electron chi connectivity index (χ1n) is 10.5. The third-order valence-corrected chi connectivity index (χ3v) is 7.31. The summed E-state index contributed by atoms with van der Waals surface area (Å²) in [5.41, 5.74) is 2.66. The van der Waals surface area contributed by atoms with Gasteiger partial charge >= 0.3 is 5.97 Å². The normalized spacial score (nSPS) is 11.1. The van der Waals surface area contributed by atoms with Crippen molar-refractivity contribution in [2.24, 2.45) is 0 Å². The maximum atomic E-state index is 13.5. The number of nitrogens with one attached hydrogen (secondary N) is 1. The van der Waals surface area contributed by atoms with Crippen LogP contribution in [0.1, 0.15) is 28.4 Å². The van der Waals surface area contributed by atoms with Crippen LogP contribution in [0, 0.1) is 6.92 Å². The largest absolute Gasteiger partial charge is 0.465 e. The Hall–Kier alpha value is -3.36. The molecule has 0 saturated carbocycles. The molecule has 0 unspecified atom stereocenters. The number of esters is 1. The minimum atomic E-state index is -4.05. The summed E-state index contributed by atoms with van der Waals surface area (Å²) < 4.78 is 32.7. The molecule has 0 atom stereocenters. The standard InChI is InChI=1S/C25H25ClN2O5S/c1-4-18-7-10-20(11-8-18)28(34(31,32)21-12-5-17(2)6-13-21)16-24(29)27-23-15-19(25(30)33-3)9-14-22(23)26/h5-15H,4,16H2,1-3H3,(H,27,29). The molecule has 3 aromatic carbocycles. The Morgan fingerprint density at radius 2 is 1.65 bits per heavy atom. The lowest BCUT2D eigenvalue weighted by atomic mass is 10.1. The summed E-state index contributed by atoms with van der Waals surface area (Å²) in [6.45, 7) is 3.35. The molecule has 0 spiro atoms. The highest BCUT2D eigenvalue weighted by molar-refractivity contribution is 7.92. The van der Waals surface area contributed by atoms with E-state index in [-0.39, 0.29) is 21.2 Å². The van der Waals surface area contributed by atoms with Crippen molar-refractivity contribution in [1.29, 1.82) is 0 Å². The molecule has 0 radical (unpaired) electrons. The van der Waals surface area contributed by atoms with E-state index < -0.39 is 28.4 Å². The number of amides is 1. The maximum absolute atomic E-state index is 13.5. The Bertz CT molecular complexity index is 1290. The molecule has 3 aromatic rings. The molecule has 7 nitrogen and oxygen atoms in total. The second-order valence-electron chi connectivity index (χ2n) is 7.58. The summed E-state index contributed by atoms with van der Waals surface area (Å²) in [6.07, 6.45) is 0.792. The van der Waals surface area contributed by atoms with E-state index in [0.717, 1.165) is 21.9 Å². The van der Waals surface area contributed by atoms with Crippen LogP contribution in [0.15, 0.2) is 71.6 Å². The van der Waals surface area contributed by atoms with Gasteiger partial charge in [-0.1, -0.05) is 48.4 Å². The van der Waals surface area contributed by atoms with E-state index in [0.29, 0.717) is 5.69 Å². The second-order valence-corrected chi connectivity index (χ2v) is 9.85. The van der Waals surface area contributed by atoms with Crippen LogP contribution in [0.3, 0.4) is 0 Å². The van der Waals surface area contributed by atoms with Crippen LogP contribution >= 0.6 is 11.6 Å². The number of anilines is 2. The van der Waals surface area contributed by atoms with Crippen molar-refractivity contribution in [1.82, 2.24) is 0 Å². The highest BCUT2D eigenvalue weighted by Gasteiger charge is 2.27. The van der Waals surface area contributed by atoms with Gasteiger partial charge in [-0.05, 0) is 61.4 Å². The van der Waals surface area contributed by atoms with E-state index in [1.807, 2.05) is 26.0 Å². The quantitative estimate of drug-likeness (QED) is 0.447. The Balaban J connectivity index is 1.95. The van der Waals surface area contributed by atoms with Gasteiger partial charge < -0.3 is 10.1 Å². The van der Waals surface area contributed by atoms with Crippen LogP contribution < -0.4 is 9.62 Å². The second kappa shape index (κ2) is 10.7. The van der Waals surface area contributed by atoms with E-state index in [1.165, 1.54) is 37.4 Å². The summed E-state index contributed by atoms with van der Waals surface area (Å²) in [5.74, 6) is -1.22. The van der Waals surface area contributed by atoms with Gasteiger partial charge in [0.15, 0.2) is 0 Å². The zero-order chi connectivity index (χ0) is 24.9. The summed E-state index contributed by atoms with van der Waals surface area (Å²) in [6, 6.07) is 17.7. The van der Waals surface area contributed by atoms with Crippen molar-refractivity contribution in [2.75, 3.05) is 23.3 Å². The number of carbonyl (C=O) groups is 2. The molecule has 0 heterocycles. The summed E-state index contributed by atoms with van der Waals surface area (Å²) in [4.78, 5) is 24.9. The lowest BCUT2D eigenvalue weighted by Gasteiger charge is -2.24. The molecule has 0 aliphatic heterocycles. The molecule has 9 heteroatoms.